The van der Waals surface area contributed by atoms with Gasteiger partial charge in [0.1, 0.15) is 5.69 Å². The Morgan fingerprint density at radius 2 is 2.06 bits per heavy atom. The van der Waals surface area contributed by atoms with E-state index in [4.69, 9.17) is 0 Å². The van der Waals surface area contributed by atoms with Gasteiger partial charge in [-0.15, -0.1) is 0 Å². The Balaban J connectivity index is 3.21. The molecular formula is C12H22N4O2. The summed E-state index contributed by atoms with van der Waals surface area (Å²) in [6, 6.07) is 0. The molecule has 1 aromatic heterocycles. The van der Waals surface area contributed by atoms with Crippen LogP contribution < -0.4 is 5.32 Å². The Hall–Kier alpha value is -1.59. The van der Waals surface area contributed by atoms with Crippen LogP contribution in [-0.2, 0) is 13.5 Å². The van der Waals surface area contributed by atoms with Crippen molar-refractivity contribution in [3.8, 4) is 0 Å². The lowest BCUT2D eigenvalue weighted by molar-refractivity contribution is -0.384. The zero-order valence-corrected chi connectivity index (χ0v) is 11.8. The van der Waals surface area contributed by atoms with Crippen molar-refractivity contribution in [2.24, 2.45) is 7.05 Å². The number of aromatic nitrogens is 2. The van der Waals surface area contributed by atoms with Crippen LogP contribution in [0.1, 0.15) is 46.2 Å². The molecule has 0 saturated heterocycles. The smallest absolute Gasteiger partial charge is 0.334 e. The maximum Gasteiger partial charge on any atom is 0.334 e. The first kappa shape index (κ1) is 14.5. The first-order valence-electron chi connectivity index (χ1n) is 6.30. The summed E-state index contributed by atoms with van der Waals surface area (Å²) < 4.78 is 1.57. The van der Waals surface area contributed by atoms with E-state index in [2.05, 4.69) is 10.4 Å². The number of nitrogens with zero attached hydrogens (tertiary/aromatic N) is 3. The van der Waals surface area contributed by atoms with Crippen molar-refractivity contribution in [3.05, 3.63) is 15.8 Å². The lowest BCUT2D eigenvalue weighted by Gasteiger charge is -2.25. The molecule has 1 rings (SSSR count). The van der Waals surface area contributed by atoms with Gasteiger partial charge in [-0.25, -0.2) is 4.68 Å². The van der Waals surface area contributed by atoms with Crippen LogP contribution >= 0.6 is 0 Å². The van der Waals surface area contributed by atoms with Crippen LogP contribution in [0.25, 0.3) is 0 Å². The molecule has 1 N–H and O–H groups in total. The minimum Gasteiger partial charge on any atom is -0.360 e. The zero-order chi connectivity index (χ0) is 13.9. The molecule has 0 radical (unpaired) electrons. The molecule has 0 aliphatic heterocycles. The molecule has 1 heterocycles. The minimum absolute atomic E-state index is 0.112. The van der Waals surface area contributed by atoms with E-state index in [1.165, 1.54) is 0 Å². The minimum atomic E-state index is -0.341. The van der Waals surface area contributed by atoms with Crippen molar-refractivity contribution in [3.63, 3.8) is 0 Å². The summed E-state index contributed by atoms with van der Waals surface area (Å²) >= 11 is 0. The van der Waals surface area contributed by atoms with E-state index < -0.39 is 0 Å². The van der Waals surface area contributed by atoms with Crippen LogP contribution in [0.2, 0.25) is 0 Å². The maximum absolute atomic E-state index is 11.2. The molecule has 6 nitrogen and oxygen atoms in total. The molecule has 102 valence electrons. The number of rotatable bonds is 6. The summed E-state index contributed by atoms with van der Waals surface area (Å²) in [5, 5.41) is 18.7. The van der Waals surface area contributed by atoms with E-state index in [1.807, 2.05) is 27.7 Å². The van der Waals surface area contributed by atoms with Crippen molar-refractivity contribution in [1.29, 1.82) is 0 Å². The lowest BCUT2D eigenvalue weighted by Crippen LogP contribution is -2.31. The normalized spacial score (nSPS) is 11.6. The van der Waals surface area contributed by atoms with Crippen molar-refractivity contribution >= 4 is 11.5 Å². The standard InChI is InChI=1S/C12H22N4O2/c1-6-8-9-10(16(17)18)11(15(5)14-9)13-12(3,4)7-2/h13H,6-8H2,1-5H3. The molecular weight excluding hydrogens is 232 g/mol. The SMILES string of the molecule is CCCc1nn(C)c(NC(C)(C)CC)c1[N+](=O)[O-]. The first-order valence-corrected chi connectivity index (χ1v) is 6.30. The third-order valence-corrected chi connectivity index (χ3v) is 3.10. The van der Waals surface area contributed by atoms with Gasteiger partial charge in [0.25, 0.3) is 0 Å². The van der Waals surface area contributed by atoms with Crippen molar-refractivity contribution in [2.75, 3.05) is 5.32 Å². The summed E-state index contributed by atoms with van der Waals surface area (Å²) in [6.07, 6.45) is 2.34. The van der Waals surface area contributed by atoms with Crippen molar-refractivity contribution < 1.29 is 4.92 Å². The molecule has 0 saturated carbocycles. The molecule has 0 aliphatic carbocycles. The summed E-state index contributed by atoms with van der Waals surface area (Å²) in [5.74, 6) is 0.496. The highest BCUT2D eigenvalue weighted by atomic mass is 16.6. The summed E-state index contributed by atoms with van der Waals surface area (Å²) in [5.41, 5.74) is 0.475. The van der Waals surface area contributed by atoms with Gasteiger partial charge in [-0.1, -0.05) is 20.3 Å². The van der Waals surface area contributed by atoms with Crippen LogP contribution in [0.5, 0.6) is 0 Å². The average molecular weight is 254 g/mol. The topological polar surface area (TPSA) is 73.0 Å². The second-order valence-electron chi connectivity index (χ2n) is 5.14. The largest absolute Gasteiger partial charge is 0.360 e. The van der Waals surface area contributed by atoms with Gasteiger partial charge in [0, 0.05) is 12.6 Å². The van der Waals surface area contributed by atoms with E-state index in [9.17, 15) is 10.1 Å². The predicted octanol–water partition coefficient (Wildman–Crippen LogP) is 2.88. The molecule has 0 fully saturated rings. The summed E-state index contributed by atoms with van der Waals surface area (Å²) in [6.45, 7) is 8.07. The van der Waals surface area contributed by atoms with Gasteiger partial charge in [0.15, 0.2) is 0 Å². The summed E-state index contributed by atoms with van der Waals surface area (Å²) in [4.78, 5) is 10.9. The third kappa shape index (κ3) is 3.00. The molecule has 0 atom stereocenters. The fourth-order valence-corrected chi connectivity index (χ4v) is 1.71. The Bertz CT molecular complexity index is 438. The van der Waals surface area contributed by atoms with Crippen LogP contribution in [0.3, 0.4) is 0 Å². The van der Waals surface area contributed by atoms with Gasteiger partial charge in [0.2, 0.25) is 5.82 Å². The molecule has 0 amide bonds. The van der Waals surface area contributed by atoms with E-state index in [0.717, 1.165) is 12.8 Å². The highest BCUT2D eigenvalue weighted by molar-refractivity contribution is 5.60. The maximum atomic E-state index is 11.2. The third-order valence-electron chi connectivity index (χ3n) is 3.10. The Morgan fingerprint density at radius 3 is 2.50 bits per heavy atom. The van der Waals surface area contributed by atoms with Crippen LogP contribution in [0.4, 0.5) is 11.5 Å². The Labute approximate surface area is 108 Å². The summed E-state index contributed by atoms with van der Waals surface area (Å²) in [7, 11) is 1.74. The lowest BCUT2D eigenvalue weighted by atomic mass is 10.0. The number of hydrogen-bond acceptors (Lipinski definition) is 4. The first-order chi connectivity index (χ1) is 8.32. The number of nitro groups is 1. The predicted molar refractivity (Wildman–Crippen MR) is 71.9 cm³/mol. The quantitative estimate of drug-likeness (QED) is 0.625. The zero-order valence-electron chi connectivity index (χ0n) is 11.8. The molecule has 0 aromatic carbocycles. The van der Waals surface area contributed by atoms with Gasteiger partial charge in [-0.2, -0.15) is 5.10 Å². The number of aryl methyl sites for hydroxylation is 2. The van der Waals surface area contributed by atoms with Gasteiger partial charge in [-0.3, -0.25) is 10.1 Å². The Kier molecular flexibility index (Phi) is 4.32. The second-order valence-corrected chi connectivity index (χ2v) is 5.14. The molecule has 6 heteroatoms. The van der Waals surface area contributed by atoms with E-state index in [0.29, 0.717) is 17.9 Å². The number of hydrogen-bond donors (Lipinski definition) is 1. The van der Waals surface area contributed by atoms with E-state index >= 15 is 0 Å². The molecule has 0 bridgehead atoms. The number of nitrogens with one attached hydrogen (secondary N) is 1. The highest BCUT2D eigenvalue weighted by Gasteiger charge is 2.29. The fourth-order valence-electron chi connectivity index (χ4n) is 1.71. The molecule has 18 heavy (non-hydrogen) atoms. The van der Waals surface area contributed by atoms with Crippen LogP contribution in [-0.4, -0.2) is 20.2 Å². The van der Waals surface area contributed by atoms with Crippen molar-refractivity contribution in [1.82, 2.24) is 9.78 Å². The van der Waals surface area contributed by atoms with Gasteiger partial charge < -0.3 is 5.32 Å². The molecule has 0 unspecified atom stereocenters. The molecule has 0 spiro atoms. The second kappa shape index (κ2) is 5.37. The fraction of sp³-hybridized carbons (Fsp3) is 0.750. The van der Waals surface area contributed by atoms with Gasteiger partial charge >= 0.3 is 5.69 Å². The molecule has 1 aromatic rings. The monoisotopic (exact) mass is 254 g/mol. The Morgan fingerprint density at radius 1 is 1.44 bits per heavy atom. The average Bonchev–Trinajstić information content (AvgIpc) is 2.55. The number of anilines is 1. The van der Waals surface area contributed by atoms with Crippen LogP contribution in [0, 0.1) is 10.1 Å². The van der Waals surface area contributed by atoms with Gasteiger partial charge in [-0.05, 0) is 26.7 Å². The molecule has 0 aliphatic rings. The highest BCUT2D eigenvalue weighted by Crippen LogP contribution is 2.31. The van der Waals surface area contributed by atoms with Gasteiger partial charge in [0.05, 0.1) is 4.92 Å². The van der Waals surface area contributed by atoms with E-state index in [-0.39, 0.29) is 16.1 Å². The van der Waals surface area contributed by atoms with Crippen molar-refractivity contribution in [2.45, 2.75) is 52.5 Å². The van der Waals surface area contributed by atoms with Crippen LogP contribution in [0.15, 0.2) is 0 Å². The van der Waals surface area contributed by atoms with E-state index in [1.54, 1.807) is 11.7 Å².